The quantitative estimate of drug-likeness (QED) is 0.374. The van der Waals surface area contributed by atoms with Crippen LogP contribution in [0.15, 0.2) is 21.8 Å². The van der Waals surface area contributed by atoms with E-state index in [9.17, 15) is 0 Å². The van der Waals surface area contributed by atoms with Crippen LogP contribution in [0.1, 0.15) is 48.0 Å². The lowest BCUT2D eigenvalue weighted by Gasteiger charge is -2.09. The minimum absolute atomic E-state index is 0. The summed E-state index contributed by atoms with van der Waals surface area (Å²) >= 11 is 1.77. The molecule has 2 aromatic heterocycles. The zero-order valence-corrected chi connectivity index (χ0v) is 17.8. The van der Waals surface area contributed by atoms with Crippen molar-refractivity contribution in [1.82, 2.24) is 20.8 Å². The van der Waals surface area contributed by atoms with Gasteiger partial charge in [-0.3, -0.25) is 4.99 Å². The van der Waals surface area contributed by atoms with Crippen molar-refractivity contribution in [2.24, 2.45) is 4.99 Å². The molecular formula is C16H26IN5OS. The van der Waals surface area contributed by atoms with Crippen LogP contribution in [0, 0.1) is 0 Å². The van der Waals surface area contributed by atoms with Gasteiger partial charge >= 0.3 is 0 Å². The normalized spacial score (nSPS) is 11.5. The monoisotopic (exact) mass is 463 g/mol. The second-order valence-corrected chi connectivity index (χ2v) is 6.75. The maximum Gasteiger partial charge on any atom is 0.191 e. The molecule has 8 heteroatoms. The predicted molar refractivity (Wildman–Crippen MR) is 109 cm³/mol. The number of nitrogens with one attached hydrogen (secondary N) is 2. The molecule has 0 bridgehead atoms. The van der Waals surface area contributed by atoms with Crippen LogP contribution in [-0.4, -0.2) is 29.7 Å². The Labute approximate surface area is 164 Å². The third kappa shape index (κ3) is 6.39. The molecule has 0 atom stereocenters. The first kappa shape index (κ1) is 20.9. The molecule has 0 unspecified atom stereocenters. The fraction of sp³-hybridized carbons (Fsp3) is 0.562. The Morgan fingerprint density at radius 2 is 2.17 bits per heavy atom. The lowest BCUT2D eigenvalue weighted by molar-refractivity contribution is 0.372. The van der Waals surface area contributed by atoms with Crippen molar-refractivity contribution in [2.75, 3.05) is 13.6 Å². The van der Waals surface area contributed by atoms with Crippen LogP contribution >= 0.6 is 35.3 Å². The van der Waals surface area contributed by atoms with Gasteiger partial charge in [0.05, 0.1) is 17.2 Å². The van der Waals surface area contributed by atoms with Crippen LogP contribution in [-0.2, 0) is 19.4 Å². The standard InChI is InChI=1S/C16H25N5OS.HI/c1-5-13-10-19-15(23-13)6-7-18-16(17-4)20-9-12-8-14(11(2)3)21-22-12;/h8,10-11H,5-7,9H2,1-4H3,(H2,17,18,20);1H. The second-order valence-electron chi connectivity index (χ2n) is 5.55. The molecule has 0 fully saturated rings. The Morgan fingerprint density at radius 1 is 1.38 bits per heavy atom. The number of aryl methyl sites for hydroxylation is 1. The number of aromatic nitrogens is 2. The van der Waals surface area contributed by atoms with Gasteiger partial charge in [0.1, 0.15) is 0 Å². The third-order valence-electron chi connectivity index (χ3n) is 3.40. The molecule has 134 valence electrons. The average Bonchev–Trinajstić information content (AvgIpc) is 3.19. The Hall–Kier alpha value is -1.16. The SMILES string of the molecule is CCc1cnc(CCNC(=NC)NCc2cc(C(C)C)no2)s1.I. The topological polar surface area (TPSA) is 75.3 Å². The molecule has 2 heterocycles. The number of rotatable bonds is 7. The molecule has 0 aliphatic heterocycles. The van der Waals surface area contributed by atoms with E-state index in [1.54, 1.807) is 18.4 Å². The summed E-state index contributed by atoms with van der Waals surface area (Å²) in [6.07, 6.45) is 3.90. The molecule has 2 rings (SSSR count). The Kier molecular flexibility index (Phi) is 9.27. The molecule has 2 N–H and O–H groups in total. The minimum Gasteiger partial charge on any atom is -0.359 e. The zero-order chi connectivity index (χ0) is 16.7. The average molecular weight is 463 g/mol. The molecular weight excluding hydrogens is 437 g/mol. The summed E-state index contributed by atoms with van der Waals surface area (Å²) in [5.41, 5.74) is 0.972. The maximum atomic E-state index is 5.31. The van der Waals surface area contributed by atoms with Crippen molar-refractivity contribution >= 4 is 41.3 Å². The highest BCUT2D eigenvalue weighted by molar-refractivity contribution is 14.0. The fourth-order valence-corrected chi connectivity index (χ4v) is 2.85. The van der Waals surface area contributed by atoms with Gasteiger partial charge in [-0.1, -0.05) is 25.9 Å². The van der Waals surface area contributed by atoms with Crippen molar-refractivity contribution in [1.29, 1.82) is 0 Å². The number of thiazole rings is 1. The van der Waals surface area contributed by atoms with E-state index in [0.29, 0.717) is 12.5 Å². The van der Waals surface area contributed by atoms with Gasteiger partial charge in [0.15, 0.2) is 11.7 Å². The molecule has 0 saturated heterocycles. The summed E-state index contributed by atoms with van der Waals surface area (Å²) in [6, 6.07) is 1.98. The summed E-state index contributed by atoms with van der Waals surface area (Å²) in [4.78, 5) is 9.96. The van der Waals surface area contributed by atoms with Gasteiger partial charge in [0.2, 0.25) is 0 Å². The molecule has 0 aliphatic rings. The first-order valence-corrected chi connectivity index (χ1v) is 8.77. The van der Waals surface area contributed by atoms with Crippen LogP contribution in [0.3, 0.4) is 0 Å². The molecule has 24 heavy (non-hydrogen) atoms. The summed E-state index contributed by atoms with van der Waals surface area (Å²) in [7, 11) is 1.76. The van der Waals surface area contributed by atoms with E-state index in [1.165, 1.54) is 4.88 Å². The van der Waals surface area contributed by atoms with Crippen molar-refractivity contribution in [3.8, 4) is 0 Å². The molecule has 6 nitrogen and oxygen atoms in total. The Bertz CT molecular complexity index is 638. The first-order valence-electron chi connectivity index (χ1n) is 7.96. The number of nitrogens with zero attached hydrogens (tertiary/aromatic N) is 3. The van der Waals surface area contributed by atoms with Gasteiger partial charge in [0, 0.05) is 37.2 Å². The van der Waals surface area contributed by atoms with Crippen LogP contribution in [0.2, 0.25) is 0 Å². The van der Waals surface area contributed by atoms with Crippen molar-refractivity contribution in [2.45, 2.75) is 46.1 Å². The highest BCUT2D eigenvalue weighted by Gasteiger charge is 2.08. The highest BCUT2D eigenvalue weighted by Crippen LogP contribution is 2.14. The number of guanidine groups is 1. The van der Waals surface area contributed by atoms with Gasteiger partial charge in [-0.25, -0.2) is 4.98 Å². The van der Waals surface area contributed by atoms with Gasteiger partial charge < -0.3 is 15.2 Å². The van der Waals surface area contributed by atoms with Crippen LogP contribution in [0.5, 0.6) is 0 Å². The molecule has 0 aromatic carbocycles. The third-order valence-corrected chi connectivity index (χ3v) is 4.61. The van der Waals surface area contributed by atoms with Crippen LogP contribution in [0.25, 0.3) is 0 Å². The molecule has 0 aliphatic carbocycles. The summed E-state index contributed by atoms with van der Waals surface area (Å²) in [6.45, 7) is 7.70. The molecule has 2 aromatic rings. The minimum atomic E-state index is 0. The van der Waals surface area contributed by atoms with Crippen molar-refractivity contribution in [3.05, 3.63) is 33.6 Å². The van der Waals surface area contributed by atoms with Crippen LogP contribution < -0.4 is 10.6 Å². The Morgan fingerprint density at radius 3 is 2.75 bits per heavy atom. The van der Waals surface area contributed by atoms with Gasteiger partial charge in [-0.05, 0) is 12.3 Å². The lowest BCUT2D eigenvalue weighted by atomic mass is 10.1. The summed E-state index contributed by atoms with van der Waals surface area (Å²) < 4.78 is 5.31. The largest absolute Gasteiger partial charge is 0.359 e. The fourth-order valence-electron chi connectivity index (χ4n) is 1.99. The molecule has 0 saturated carbocycles. The summed E-state index contributed by atoms with van der Waals surface area (Å²) in [5.74, 6) is 1.93. The maximum absolute atomic E-state index is 5.31. The predicted octanol–water partition coefficient (Wildman–Crippen LogP) is 3.34. The summed E-state index contributed by atoms with van der Waals surface area (Å²) in [5, 5.41) is 11.7. The van der Waals surface area contributed by atoms with Gasteiger partial charge in [-0.2, -0.15) is 0 Å². The smallest absolute Gasteiger partial charge is 0.191 e. The van der Waals surface area contributed by atoms with Gasteiger partial charge in [0.25, 0.3) is 0 Å². The van der Waals surface area contributed by atoms with E-state index in [0.717, 1.165) is 41.8 Å². The van der Waals surface area contributed by atoms with E-state index in [1.807, 2.05) is 12.3 Å². The first-order chi connectivity index (χ1) is 11.1. The van der Waals surface area contributed by atoms with E-state index >= 15 is 0 Å². The molecule has 0 radical (unpaired) electrons. The number of halogens is 1. The van der Waals surface area contributed by atoms with E-state index in [2.05, 4.69) is 46.5 Å². The van der Waals surface area contributed by atoms with Gasteiger partial charge in [-0.15, -0.1) is 35.3 Å². The number of hydrogen-bond donors (Lipinski definition) is 2. The zero-order valence-electron chi connectivity index (χ0n) is 14.6. The Balaban J connectivity index is 0.00000288. The number of aliphatic imine (C=N–C) groups is 1. The van der Waals surface area contributed by atoms with Crippen molar-refractivity contribution in [3.63, 3.8) is 0 Å². The second kappa shape index (κ2) is 10.7. The van der Waals surface area contributed by atoms with Crippen LogP contribution in [0.4, 0.5) is 0 Å². The number of hydrogen-bond acceptors (Lipinski definition) is 5. The van der Waals surface area contributed by atoms with E-state index < -0.39 is 0 Å². The lowest BCUT2D eigenvalue weighted by Crippen LogP contribution is -2.37. The molecule has 0 amide bonds. The van der Waals surface area contributed by atoms with E-state index in [-0.39, 0.29) is 24.0 Å². The van der Waals surface area contributed by atoms with E-state index in [4.69, 9.17) is 4.52 Å². The highest BCUT2D eigenvalue weighted by atomic mass is 127. The molecule has 0 spiro atoms. The van der Waals surface area contributed by atoms with Crippen molar-refractivity contribution < 1.29 is 4.52 Å².